The number of aromatic carboxylic acids is 1. The lowest BCUT2D eigenvalue weighted by atomic mass is 10.1. The van der Waals surface area contributed by atoms with Crippen LogP contribution in [-0.2, 0) is 6.54 Å². The van der Waals surface area contributed by atoms with Crippen LogP contribution in [0, 0.1) is 19.7 Å². The highest BCUT2D eigenvalue weighted by Gasteiger charge is 2.29. The lowest BCUT2D eigenvalue weighted by Crippen LogP contribution is -2.49. The van der Waals surface area contributed by atoms with Gasteiger partial charge >= 0.3 is 5.97 Å². The lowest BCUT2D eigenvalue weighted by molar-refractivity contribution is 0.0694. The first kappa shape index (κ1) is 25.5. The molecule has 1 saturated heterocycles. The average Bonchev–Trinajstić information content (AvgIpc) is 3.68. The van der Waals surface area contributed by atoms with Crippen molar-refractivity contribution in [3.05, 3.63) is 69.5 Å². The van der Waals surface area contributed by atoms with Crippen molar-refractivity contribution in [3.8, 4) is 0 Å². The van der Waals surface area contributed by atoms with Gasteiger partial charge in [0.2, 0.25) is 5.43 Å². The molecule has 2 N–H and O–H groups in total. The van der Waals surface area contributed by atoms with Crippen LogP contribution < -0.4 is 10.3 Å². The number of halogens is 1. The van der Waals surface area contributed by atoms with Crippen LogP contribution in [0.5, 0.6) is 0 Å². The van der Waals surface area contributed by atoms with Crippen molar-refractivity contribution in [1.82, 2.24) is 19.0 Å². The minimum atomic E-state index is -1.30. The minimum absolute atomic E-state index is 0.0992. The second-order valence-corrected chi connectivity index (χ2v) is 10.9. The van der Waals surface area contributed by atoms with Gasteiger partial charge in [-0.15, -0.1) is 0 Å². The van der Waals surface area contributed by atoms with Gasteiger partial charge in [0.05, 0.1) is 41.2 Å². The molecule has 39 heavy (non-hydrogen) atoms. The molecule has 0 radical (unpaired) electrons. The van der Waals surface area contributed by atoms with Crippen molar-refractivity contribution in [2.45, 2.75) is 45.4 Å². The van der Waals surface area contributed by atoms with Gasteiger partial charge in [0.25, 0.3) is 0 Å². The Morgan fingerprint density at radius 1 is 1.05 bits per heavy atom. The third-order valence-corrected chi connectivity index (χ3v) is 8.10. The number of aliphatic hydroxyl groups excluding tert-OH is 1. The highest BCUT2D eigenvalue weighted by Crippen LogP contribution is 2.38. The number of benzene rings is 2. The molecule has 2 aromatic carbocycles. The third-order valence-electron chi connectivity index (χ3n) is 8.10. The molecule has 0 spiro atoms. The van der Waals surface area contributed by atoms with Crippen molar-refractivity contribution in [2.75, 3.05) is 37.6 Å². The summed E-state index contributed by atoms with van der Waals surface area (Å²) in [5.74, 6) is -1.83. The van der Waals surface area contributed by atoms with E-state index in [9.17, 15) is 19.8 Å². The van der Waals surface area contributed by atoms with Crippen LogP contribution >= 0.6 is 0 Å². The predicted molar refractivity (Wildman–Crippen MR) is 147 cm³/mol. The molecule has 2 fully saturated rings. The van der Waals surface area contributed by atoms with E-state index >= 15 is 4.39 Å². The summed E-state index contributed by atoms with van der Waals surface area (Å²) in [4.78, 5) is 33.0. The number of aliphatic hydroxyl groups is 1. The Labute approximate surface area is 224 Å². The van der Waals surface area contributed by atoms with E-state index in [1.807, 2.05) is 14.0 Å². The number of imidazole rings is 1. The maximum atomic E-state index is 15.3. The number of fused-ring (bicyclic) bond motifs is 2. The first-order valence-corrected chi connectivity index (χ1v) is 13.4. The standard InChI is InChI=1S/C29H32FN5O4/c1-17-9-24-27(10-18(17)2)34(16-31-24)14-20(36)13-32-5-7-33(8-6-32)26-12-25-21(11-23(26)30)28(37)22(29(38)39)15-35(25)19-3-4-19/h9-12,15-16,19-20,36H,3-8,13-14H2,1-2H3,(H,38,39). The Morgan fingerprint density at radius 2 is 1.77 bits per heavy atom. The fraction of sp³-hybridized carbons (Fsp3) is 0.414. The number of pyridine rings is 1. The Kier molecular flexibility index (Phi) is 6.39. The molecule has 3 heterocycles. The zero-order valence-electron chi connectivity index (χ0n) is 22.1. The van der Waals surface area contributed by atoms with Crippen LogP contribution in [0.2, 0.25) is 0 Å². The van der Waals surface area contributed by atoms with Crippen LogP contribution in [0.3, 0.4) is 0 Å². The number of aryl methyl sites for hydroxylation is 2. The molecule has 1 atom stereocenters. The summed E-state index contributed by atoms with van der Waals surface area (Å²) in [6, 6.07) is 7.17. The number of β-amino-alcohol motifs (C(OH)–C–C–N with tert-alkyl or cyclic N) is 1. The Morgan fingerprint density at radius 3 is 2.46 bits per heavy atom. The summed E-state index contributed by atoms with van der Waals surface area (Å²) in [6.45, 7) is 7.53. The molecule has 4 aromatic rings. The molecule has 10 heteroatoms. The molecule has 1 aliphatic heterocycles. The lowest BCUT2D eigenvalue weighted by Gasteiger charge is -2.37. The van der Waals surface area contributed by atoms with Gasteiger partial charge in [0.1, 0.15) is 11.4 Å². The van der Waals surface area contributed by atoms with Gasteiger partial charge in [-0.3, -0.25) is 9.69 Å². The van der Waals surface area contributed by atoms with Gasteiger partial charge in [-0.05, 0) is 62.1 Å². The summed E-state index contributed by atoms with van der Waals surface area (Å²) < 4.78 is 19.1. The summed E-state index contributed by atoms with van der Waals surface area (Å²) in [6.07, 6.45) is 4.40. The van der Waals surface area contributed by atoms with E-state index in [0.29, 0.717) is 50.5 Å². The number of hydrogen-bond acceptors (Lipinski definition) is 6. The SMILES string of the molecule is Cc1cc2ncn(CC(O)CN3CCN(c4cc5c(cc4F)c(=O)c(C(=O)O)cn5C4CC4)CC3)c2cc1C. The monoisotopic (exact) mass is 533 g/mol. The van der Waals surface area contributed by atoms with Crippen LogP contribution in [0.15, 0.2) is 41.6 Å². The molecule has 2 aromatic heterocycles. The van der Waals surface area contributed by atoms with Crippen molar-refractivity contribution in [1.29, 1.82) is 0 Å². The highest BCUT2D eigenvalue weighted by atomic mass is 19.1. The predicted octanol–water partition coefficient (Wildman–Crippen LogP) is 3.32. The Bertz CT molecular complexity index is 1650. The second-order valence-electron chi connectivity index (χ2n) is 10.9. The van der Waals surface area contributed by atoms with Gasteiger partial charge in [-0.2, -0.15) is 0 Å². The number of piperazine rings is 1. The normalized spacial score (nSPS) is 17.3. The van der Waals surface area contributed by atoms with Gasteiger partial charge in [0, 0.05) is 50.3 Å². The maximum Gasteiger partial charge on any atom is 0.341 e. The van der Waals surface area contributed by atoms with E-state index in [-0.39, 0.29) is 17.0 Å². The van der Waals surface area contributed by atoms with E-state index in [4.69, 9.17) is 0 Å². The van der Waals surface area contributed by atoms with Crippen LogP contribution in [-0.4, -0.2) is 74.0 Å². The molecule has 1 saturated carbocycles. The molecule has 0 bridgehead atoms. The van der Waals surface area contributed by atoms with Crippen LogP contribution in [0.1, 0.15) is 40.4 Å². The van der Waals surface area contributed by atoms with E-state index in [1.54, 1.807) is 12.4 Å². The zero-order chi connectivity index (χ0) is 27.4. The molecule has 1 aliphatic carbocycles. The highest BCUT2D eigenvalue weighted by molar-refractivity contribution is 5.93. The minimum Gasteiger partial charge on any atom is -0.477 e. The topological polar surface area (TPSA) is 104 Å². The number of anilines is 1. The smallest absolute Gasteiger partial charge is 0.341 e. The quantitative estimate of drug-likeness (QED) is 0.376. The van der Waals surface area contributed by atoms with Gasteiger partial charge in [-0.25, -0.2) is 14.2 Å². The molecular formula is C29H32FN5O4. The molecular weight excluding hydrogens is 501 g/mol. The van der Waals surface area contributed by atoms with Crippen molar-refractivity contribution in [2.24, 2.45) is 0 Å². The molecule has 2 aliphatic rings. The molecule has 0 amide bonds. The van der Waals surface area contributed by atoms with Gasteiger partial charge < -0.3 is 24.2 Å². The zero-order valence-corrected chi connectivity index (χ0v) is 22.1. The number of hydrogen-bond donors (Lipinski definition) is 2. The fourth-order valence-corrected chi connectivity index (χ4v) is 5.62. The van der Waals surface area contributed by atoms with Crippen molar-refractivity contribution >= 4 is 33.6 Å². The number of carboxylic acid groups (broad SMARTS) is 1. The summed E-state index contributed by atoms with van der Waals surface area (Å²) in [7, 11) is 0. The average molecular weight is 534 g/mol. The molecule has 6 rings (SSSR count). The maximum absolute atomic E-state index is 15.3. The Balaban J connectivity index is 1.16. The van der Waals surface area contributed by atoms with Crippen LogP contribution in [0.4, 0.5) is 10.1 Å². The van der Waals surface area contributed by atoms with Crippen molar-refractivity contribution in [3.63, 3.8) is 0 Å². The van der Waals surface area contributed by atoms with E-state index in [1.165, 1.54) is 23.4 Å². The second kappa shape index (κ2) is 9.77. The van der Waals surface area contributed by atoms with Crippen LogP contribution in [0.25, 0.3) is 21.9 Å². The largest absolute Gasteiger partial charge is 0.477 e. The number of carboxylic acids is 1. The number of carbonyl (C=O) groups is 1. The Hall–Kier alpha value is -3.76. The van der Waals surface area contributed by atoms with E-state index in [0.717, 1.165) is 23.9 Å². The number of nitrogens with zero attached hydrogens (tertiary/aromatic N) is 5. The van der Waals surface area contributed by atoms with Crippen molar-refractivity contribution < 1.29 is 19.4 Å². The van der Waals surface area contributed by atoms with E-state index in [2.05, 4.69) is 35.9 Å². The third kappa shape index (κ3) is 4.79. The number of aromatic nitrogens is 3. The summed E-state index contributed by atoms with van der Waals surface area (Å²) >= 11 is 0. The molecule has 9 nitrogen and oxygen atoms in total. The van der Waals surface area contributed by atoms with E-state index < -0.39 is 23.3 Å². The molecule has 1 unspecified atom stereocenters. The van der Waals surface area contributed by atoms with Gasteiger partial charge in [-0.1, -0.05) is 0 Å². The first-order valence-electron chi connectivity index (χ1n) is 13.4. The van der Waals surface area contributed by atoms with Gasteiger partial charge in [0.15, 0.2) is 0 Å². The first-order chi connectivity index (χ1) is 18.7. The summed E-state index contributed by atoms with van der Waals surface area (Å²) in [5, 5.41) is 20.4. The fourth-order valence-electron chi connectivity index (χ4n) is 5.62. The molecule has 204 valence electrons. The summed E-state index contributed by atoms with van der Waals surface area (Å²) in [5.41, 5.74) is 4.30. The number of rotatable bonds is 7.